The van der Waals surface area contributed by atoms with Crippen LogP contribution in [0.4, 0.5) is 5.69 Å². The van der Waals surface area contributed by atoms with Crippen molar-refractivity contribution in [1.82, 2.24) is 14.0 Å². The molecule has 0 aliphatic carbocycles. The highest BCUT2D eigenvalue weighted by molar-refractivity contribution is 5.82. The van der Waals surface area contributed by atoms with Crippen molar-refractivity contribution < 1.29 is 10.0 Å². The van der Waals surface area contributed by atoms with Crippen molar-refractivity contribution in [2.24, 2.45) is 0 Å². The number of pyridine rings is 2. The van der Waals surface area contributed by atoms with Crippen LogP contribution >= 0.6 is 0 Å². The average molecular weight is 377 g/mol. The standard InChI is InChI=1S/C19H15N5O4/c20-17-14(12-4-6-13(7-5-12)24(27)28)11-15-18(23(17)9-10-25)21-16-3-1-2-8-22(16)19(15)26/h1-8,11,20,25H,9-10H2. The van der Waals surface area contributed by atoms with Gasteiger partial charge in [-0.1, -0.05) is 6.07 Å². The number of non-ortho nitro benzene ring substituents is 1. The molecule has 0 saturated carbocycles. The van der Waals surface area contributed by atoms with Gasteiger partial charge in [0.05, 0.1) is 16.9 Å². The molecule has 28 heavy (non-hydrogen) atoms. The summed E-state index contributed by atoms with van der Waals surface area (Å²) in [6, 6.07) is 12.5. The number of aliphatic hydroxyl groups is 1. The van der Waals surface area contributed by atoms with Gasteiger partial charge in [-0.2, -0.15) is 0 Å². The Hall–Kier alpha value is -3.85. The Bertz CT molecular complexity index is 1340. The number of hydrogen-bond donors (Lipinski definition) is 2. The van der Waals surface area contributed by atoms with Crippen LogP contribution in [0.3, 0.4) is 0 Å². The normalized spacial score (nSPS) is 11.2. The molecule has 0 aliphatic rings. The van der Waals surface area contributed by atoms with E-state index in [4.69, 9.17) is 5.41 Å². The van der Waals surface area contributed by atoms with Gasteiger partial charge in [0.1, 0.15) is 16.8 Å². The summed E-state index contributed by atoms with van der Waals surface area (Å²) in [5, 5.41) is 29.2. The molecule has 0 radical (unpaired) electrons. The molecular weight excluding hydrogens is 362 g/mol. The molecule has 1 aromatic carbocycles. The number of nitro benzene ring substituents is 1. The minimum absolute atomic E-state index is 0.0579. The Balaban J connectivity index is 2.07. The third-order valence-corrected chi connectivity index (χ3v) is 4.53. The Morgan fingerprint density at radius 3 is 2.61 bits per heavy atom. The summed E-state index contributed by atoms with van der Waals surface area (Å²) < 4.78 is 2.88. The van der Waals surface area contributed by atoms with Gasteiger partial charge in [0.2, 0.25) is 0 Å². The quantitative estimate of drug-likeness (QED) is 0.318. The van der Waals surface area contributed by atoms with Crippen molar-refractivity contribution >= 4 is 22.4 Å². The van der Waals surface area contributed by atoms with Gasteiger partial charge >= 0.3 is 0 Å². The minimum atomic E-state index is -0.500. The zero-order valence-electron chi connectivity index (χ0n) is 14.6. The van der Waals surface area contributed by atoms with E-state index in [1.807, 2.05) is 0 Å². The van der Waals surface area contributed by atoms with Crippen LogP contribution in [0.1, 0.15) is 0 Å². The van der Waals surface area contributed by atoms with E-state index < -0.39 is 4.92 Å². The summed E-state index contributed by atoms with van der Waals surface area (Å²) in [5.74, 6) is 0. The molecule has 0 bridgehead atoms. The minimum Gasteiger partial charge on any atom is -0.395 e. The molecule has 4 aromatic rings. The molecule has 3 heterocycles. The van der Waals surface area contributed by atoms with E-state index in [-0.39, 0.29) is 29.9 Å². The van der Waals surface area contributed by atoms with Gasteiger partial charge in [0.15, 0.2) is 0 Å². The SMILES string of the molecule is N=c1c(-c2ccc([N+](=O)[O-])cc2)cc2c(=O)n3ccccc3nc2n1CCO. The number of fused-ring (bicyclic) bond motifs is 2. The lowest BCUT2D eigenvalue weighted by Crippen LogP contribution is -2.28. The maximum atomic E-state index is 13.0. The zero-order valence-corrected chi connectivity index (χ0v) is 14.6. The molecule has 0 saturated heterocycles. The molecule has 2 N–H and O–H groups in total. The van der Waals surface area contributed by atoms with Crippen LogP contribution in [0.15, 0.2) is 59.5 Å². The maximum Gasteiger partial charge on any atom is 0.269 e. The van der Waals surface area contributed by atoms with Crippen molar-refractivity contribution in [2.75, 3.05) is 6.61 Å². The number of nitrogens with zero attached hydrogens (tertiary/aromatic N) is 4. The summed E-state index contributed by atoms with van der Waals surface area (Å²) in [7, 11) is 0. The Labute approximate surface area is 157 Å². The Kier molecular flexibility index (Phi) is 4.21. The lowest BCUT2D eigenvalue weighted by Gasteiger charge is -2.14. The summed E-state index contributed by atoms with van der Waals surface area (Å²) in [4.78, 5) is 27.9. The van der Waals surface area contributed by atoms with Gasteiger partial charge < -0.3 is 9.67 Å². The van der Waals surface area contributed by atoms with Crippen molar-refractivity contribution in [3.63, 3.8) is 0 Å². The van der Waals surface area contributed by atoms with E-state index in [0.29, 0.717) is 27.8 Å². The van der Waals surface area contributed by atoms with Crippen molar-refractivity contribution in [1.29, 1.82) is 5.41 Å². The monoisotopic (exact) mass is 377 g/mol. The summed E-state index contributed by atoms with van der Waals surface area (Å²) >= 11 is 0. The lowest BCUT2D eigenvalue weighted by molar-refractivity contribution is -0.384. The van der Waals surface area contributed by atoms with Crippen LogP contribution < -0.4 is 11.0 Å². The third-order valence-electron chi connectivity index (χ3n) is 4.53. The van der Waals surface area contributed by atoms with E-state index in [0.717, 1.165) is 0 Å². The molecule has 9 heteroatoms. The number of aromatic nitrogens is 3. The Morgan fingerprint density at radius 2 is 1.93 bits per heavy atom. The largest absolute Gasteiger partial charge is 0.395 e. The number of hydrogen-bond acceptors (Lipinski definition) is 6. The fraction of sp³-hybridized carbons (Fsp3) is 0.105. The first-order valence-electron chi connectivity index (χ1n) is 8.46. The molecule has 0 atom stereocenters. The number of aliphatic hydroxyl groups excluding tert-OH is 1. The second-order valence-corrected chi connectivity index (χ2v) is 6.17. The van der Waals surface area contributed by atoms with Crippen LogP contribution in [0, 0.1) is 15.5 Å². The van der Waals surface area contributed by atoms with E-state index >= 15 is 0 Å². The first-order chi connectivity index (χ1) is 13.5. The number of benzene rings is 1. The fourth-order valence-corrected chi connectivity index (χ4v) is 3.19. The van der Waals surface area contributed by atoms with E-state index in [1.54, 1.807) is 30.5 Å². The molecule has 0 aliphatic heterocycles. The molecule has 0 unspecified atom stereocenters. The Morgan fingerprint density at radius 1 is 1.18 bits per heavy atom. The summed E-state index contributed by atoms with van der Waals surface area (Å²) in [5.41, 5.74) is 1.42. The van der Waals surface area contributed by atoms with Gasteiger partial charge in [-0.15, -0.1) is 0 Å². The van der Waals surface area contributed by atoms with Crippen LogP contribution in [0.5, 0.6) is 0 Å². The third kappa shape index (κ3) is 2.74. The van der Waals surface area contributed by atoms with Crippen LogP contribution in [-0.4, -0.2) is 30.6 Å². The van der Waals surface area contributed by atoms with Crippen molar-refractivity contribution in [3.8, 4) is 11.1 Å². The topological polar surface area (TPSA) is 127 Å². The summed E-state index contributed by atoms with van der Waals surface area (Å²) in [6.45, 7) is -0.142. The molecule has 3 aromatic heterocycles. The van der Waals surface area contributed by atoms with Crippen LogP contribution in [0.25, 0.3) is 27.8 Å². The van der Waals surface area contributed by atoms with Gasteiger partial charge in [0, 0.05) is 30.4 Å². The predicted octanol–water partition coefficient (Wildman–Crippen LogP) is 1.70. The molecule has 0 fully saturated rings. The predicted molar refractivity (Wildman–Crippen MR) is 102 cm³/mol. The van der Waals surface area contributed by atoms with Crippen LogP contribution in [0.2, 0.25) is 0 Å². The van der Waals surface area contributed by atoms with Gasteiger partial charge in [-0.05, 0) is 35.9 Å². The number of nitrogens with one attached hydrogen (secondary N) is 1. The molecule has 140 valence electrons. The molecular formula is C19H15N5O4. The van der Waals surface area contributed by atoms with Gasteiger partial charge in [0.25, 0.3) is 11.2 Å². The highest BCUT2D eigenvalue weighted by Gasteiger charge is 2.15. The summed E-state index contributed by atoms with van der Waals surface area (Å²) in [6.07, 6.45) is 1.61. The first-order valence-corrected chi connectivity index (χ1v) is 8.46. The van der Waals surface area contributed by atoms with E-state index in [9.17, 15) is 20.0 Å². The second-order valence-electron chi connectivity index (χ2n) is 6.17. The van der Waals surface area contributed by atoms with Crippen molar-refractivity contribution in [2.45, 2.75) is 6.54 Å². The molecule has 0 amide bonds. The molecule has 0 spiro atoms. The van der Waals surface area contributed by atoms with Crippen molar-refractivity contribution in [3.05, 3.63) is 80.7 Å². The van der Waals surface area contributed by atoms with Crippen LogP contribution in [-0.2, 0) is 6.54 Å². The number of rotatable bonds is 4. The van der Waals surface area contributed by atoms with E-state index in [2.05, 4.69) is 4.98 Å². The smallest absolute Gasteiger partial charge is 0.269 e. The van der Waals surface area contributed by atoms with E-state index in [1.165, 1.54) is 33.2 Å². The number of nitro groups is 1. The molecule has 9 nitrogen and oxygen atoms in total. The highest BCUT2D eigenvalue weighted by Crippen LogP contribution is 2.22. The maximum absolute atomic E-state index is 13.0. The van der Waals surface area contributed by atoms with Gasteiger partial charge in [-0.3, -0.25) is 24.7 Å². The second kappa shape index (κ2) is 6.71. The first kappa shape index (κ1) is 17.6. The van der Waals surface area contributed by atoms with Gasteiger partial charge in [-0.25, -0.2) is 4.98 Å². The lowest BCUT2D eigenvalue weighted by atomic mass is 10.1. The zero-order chi connectivity index (χ0) is 19.8. The molecule has 4 rings (SSSR count). The average Bonchev–Trinajstić information content (AvgIpc) is 2.70. The fourth-order valence-electron chi connectivity index (χ4n) is 3.19. The highest BCUT2D eigenvalue weighted by atomic mass is 16.6.